The molecule has 5 heteroatoms. The quantitative estimate of drug-likeness (QED) is 0.688. The van der Waals surface area contributed by atoms with E-state index in [9.17, 15) is 4.79 Å². The average Bonchev–Trinajstić information content (AvgIpc) is 2.65. The number of carbonyl (C=O) groups is 1. The van der Waals surface area contributed by atoms with E-state index in [1.165, 1.54) is 0 Å². The van der Waals surface area contributed by atoms with Crippen molar-refractivity contribution in [1.29, 1.82) is 0 Å². The zero-order chi connectivity index (χ0) is 18.9. The number of amides is 1. The molecule has 140 valence electrons. The lowest BCUT2D eigenvalue weighted by Crippen LogP contribution is -2.27. The fourth-order valence-electron chi connectivity index (χ4n) is 2.68. The molecule has 0 aliphatic carbocycles. The van der Waals surface area contributed by atoms with Crippen LogP contribution in [-0.4, -0.2) is 26.7 Å². The zero-order valence-corrected chi connectivity index (χ0v) is 15.9. The number of hydrogen-bond acceptors (Lipinski definition) is 4. The summed E-state index contributed by atoms with van der Waals surface area (Å²) >= 11 is 0. The van der Waals surface area contributed by atoms with Gasteiger partial charge in [0.1, 0.15) is 17.2 Å². The maximum atomic E-state index is 12.2. The van der Waals surface area contributed by atoms with E-state index in [-0.39, 0.29) is 11.9 Å². The Bertz CT molecular complexity index is 712. The Morgan fingerprint density at radius 2 is 1.73 bits per heavy atom. The lowest BCUT2D eigenvalue weighted by atomic mass is 10.0. The monoisotopic (exact) mass is 357 g/mol. The number of carbonyl (C=O) groups excluding carboxylic acids is 1. The zero-order valence-electron chi connectivity index (χ0n) is 15.9. The van der Waals surface area contributed by atoms with Gasteiger partial charge in [0.05, 0.1) is 26.9 Å². The van der Waals surface area contributed by atoms with Crippen LogP contribution >= 0.6 is 0 Å². The molecule has 2 aromatic rings. The molecule has 0 saturated carbocycles. The minimum Gasteiger partial charge on any atom is -0.497 e. The number of hydrogen-bond donors (Lipinski definition) is 1. The minimum absolute atomic E-state index is 0.000565. The predicted octanol–water partition coefficient (Wildman–Crippen LogP) is 4.05. The number of aryl methyl sites for hydroxylation is 1. The summed E-state index contributed by atoms with van der Waals surface area (Å²) in [5.41, 5.74) is 2.12. The Hall–Kier alpha value is -2.69. The summed E-state index contributed by atoms with van der Waals surface area (Å²) in [5, 5.41) is 3.02. The van der Waals surface area contributed by atoms with E-state index in [2.05, 4.69) is 5.32 Å². The van der Waals surface area contributed by atoms with Crippen LogP contribution < -0.4 is 19.5 Å². The fraction of sp³-hybridized carbons (Fsp3) is 0.381. The predicted molar refractivity (Wildman–Crippen MR) is 102 cm³/mol. The lowest BCUT2D eigenvalue weighted by molar-refractivity contribution is -0.121. The molecule has 26 heavy (non-hydrogen) atoms. The Morgan fingerprint density at radius 3 is 2.38 bits per heavy atom. The molecule has 1 amide bonds. The largest absolute Gasteiger partial charge is 0.497 e. The standard InChI is InChI=1S/C21H27NO4/c1-15-7-12-20(25-4)19(14-15)16(2)22-21(23)6-5-13-26-18-10-8-17(24-3)9-11-18/h7-12,14,16H,5-6,13H2,1-4H3,(H,22,23)/t16-/m1/s1. The Kier molecular flexibility index (Phi) is 7.33. The van der Waals surface area contributed by atoms with Crippen LogP contribution in [0.15, 0.2) is 42.5 Å². The highest BCUT2D eigenvalue weighted by Gasteiger charge is 2.14. The molecular weight excluding hydrogens is 330 g/mol. The highest BCUT2D eigenvalue weighted by molar-refractivity contribution is 5.76. The number of methoxy groups -OCH3 is 2. The van der Waals surface area contributed by atoms with Gasteiger partial charge in [-0.15, -0.1) is 0 Å². The van der Waals surface area contributed by atoms with E-state index in [0.717, 1.165) is 28.4 Å². The van der Waals surface area contributed by atoms with E-state index in [1.807, 2.05) is 56.3 Å². The molecule has 1 atom stereocenters. The van der Waals surface area contributed by atoms with Gasteiger partial charge in [0.15, 0.2) is 0 Å². The number of ether oxygens (including phenoxy) is 3. The Morgan fingerprint density at radius 1 is 1.04 bits per heavy atom. The van der Waals surface area contributed by atoms with Gasteiger partial charge in [-0.3, -0.25) is 4.79 Å². The molecule has 1 N–H and O–H groups in total. The first-order valence-corrected chi connectivity index (χ1v) is 8.74. The van der Waals surface area contributed by atoms with Gasteiger partial charge < -0.3 is 19.5 Å². The van der Waals surface area contributed by atoms with Gasteiger partial charge in [0.2, 0.25) is 5.91 Å². The summed E-state index contributed by atoms with van der Waals surface area (Å²) in [5.74, 6) is 2.34. The first-order chi connectivity index (χ1) is 12.5. The van der Waals surface area contributed by atoms with Gasteiger partial charge in [0.25, 0.3) is 0 Å². The van der Waals surface area contributed by atoms with Crippen molar-refractivity contribution in [3.05, 3.63) is 53.6 Å². The highest BCUT2D eigenvalue weighted by atomic mass is 16.5. The van der Waals surface area contributed by atoms with Crippen molar-refractivity contribution in [3.8, 4) is 17.2 Å². The van der Waals surface area contributed by atoms with Crippen molar-refractivity contribution in [2.24, 2.45) is 0 Å². The molecule has 0 saturated heterocycles. The summed E-state index contributed by atoms with van der Waals surface area (Å²) in [6, 6.07) is 13.2. The van der Waals surface area contributed by atoms with Crippen molar-refractivity contribution in [2.75, 3.05) is 20.8 Å². The summed E-state index contributed by atoms with van der Waals surface area (Å²) in [7, 11) is 3.26. The number of benzene rings is 2. The summed E-state index contributed by atoms with van der Waals surface area (Å²) in [6.45, 7) is 4.47. The smallest absolute Gasteiger partial charge is 0.220 e. The normalized spacial score (nSPS) is 11.5. The molecule has 0 fully saturated rings. The van der Waals surface area contributed by atoms with Gasteiger partial charge in [-0.2, -0.15) is 0 Å². The maximum absolute atomic E-state index is 12.2. The molecule has 0 heterocycles. The van der Waals surface area contributed by atoms with E-state index in [1.54, 1.807) is 14.2 Å². The third-order valence-electron chi connectivity index (χ3n) is 4.11. The van der Waals surface area contributed by atoms with Gasteiger partial charge in [0, 0.05) is 12.0 Å². The van der Waals surface area contributed by atoms with Crippen LogP contribution in [0.1, 0.15) is 36.9 Å². The molecule has 2 aromatic carbocycles. The van der Waals surface area contributed by atoms with Gasteiger partial charge in [-0.05, 0) is 50.6 Å². The van der Waals surface area contributed by atoms with E-state index in [4.69, 9.17) is 14.2 Å². The second-order valence-electron chi connectivity index (χ2n) is 6.16. The molecule has 5 nitrogen and oxygen atoms in total. The first-order valence-electron chi connectivity index (χ1n) is 8.74. The highest BCUT2D eigenvalue weighted by Crippen LogP contribution is 2.26. The second kappa shape index (κ2) is 9.70. The molecule has 0 unspecified atom stereocenters. The molecule has 2 rings (SSSR count). The van der Waals surface area contributed by atoms with E-state index in [0.29, 0.717) is 19.4 Å². The summed E-state index contributed by atoms with van der Waals surface area (Å²) < 4.78 is 16.1. The Balaban J connectivity index is 1.76. The van der Waals surface area contributed by atoms with E-state index >= 15 is 0 Å². The summed E-state index contributed by atoms with van der Waals surface area (Å²) in [6.07, 6.45) is 1.06. The number of nitrogens with one attached hydrogen (secondary N) is 1. The number of rotatable bonds is 9. The van der Waals surface area contributed by atoms with Crippen LogP contribution in [0.5, 0.6) is 17.2 Å². The van der Waals surface area contributed by atoms with Crippen LogP contribution in [0.4, 0.5) is 0 Å². The second-order valence-corrected chi connectivity index (χ2v) is 6.16. The first kappa shape index (κ1) is 19.6. The van der Waals surface area contributed by atoms with Crippen LogP contribution in [-0.2, 0) is 4.79 Å². The van der Waals surface area contributed by atoms with Crippen molar-refractivity contribution < 1.29 is 19.0 Å². The van der Waals surface area contributed by atoms with Gasteiger partial charge in [-0.1, -0.05) is 17.7 Å². The van der Waals surface area contributed by atoms with Crippen molar-refractivity contribution in [1.82, 2.24) is 5.32 Å². The van der Waals surface area contributed by atoms with Crippen LogP contribution in [0.3, 0.4) is 0 Å². The molecule has 0 aliphatic heterocycles. The van der Waals surface area contributed by atoms with Crippen LogP contribution in [0.25, 0.3) is 0 Å². The third kappa shape index (κ3) is 5.69. The van der Waals surface area contributed by atoms with Crippen LogP contribution in [0.2, 0.25) is 0 Å². The lowest BCUT2D eigenvalue weighted by Gasteiger charge is -2.18. The summed E-state index contributed by atoms with van der Waals surface area (Å²) in [4.78, 5) is 12.2. The van der Waals surface area contributed by atoms with E-state index < -0.39 is 0 Å². The third-order valence-corrected chi connectivity index (χ3v) is 4.11. The van der Waals surface area contributed by atoms with Gasteiger partial charge >= 0.3 is 0 Å². The van der Waals surface area contributed by atoms with Crippen molar-refractivity contribution in [3.63, 3.8) is 0 Å². The SMILES string of the molecule is COc1ccc(OCCCC(=O)N[C@H](C)c2cc(C)ccc2OC)cc1. The fourth-order valence-corrected chi connectivity index (χ4v) is 2.68. The average molecular weight is 357 g/mol. The van der Waals surface area contributed by atoms with Crippen molar-refractivity contribution in [2.45, 2.75) is 32.7 Å². The Labute approximate surface area is 155 Å². The molecule has 0 spiro atoms. The van der Waals surface area contributed by atoms with Gasteiger partial charge in [-0.25, -0.2) is 0 Å². The molecule has 0 aromatic heterocycles. The van der Waals surface area contributed by atoms with Crippen LogP contribution in [0, 0.1) is 6.92 Å². The van der Waals surface area contributed by atoms with Crippen molar-refractivity contribution >= 4 is 5.91 Å². The molecule has 0 radical (unpaired) electrons. The molecule has 0 bridgehead atoms. The molecular formula is C21H27NO4. The topological polar surface area (TPSA) is 56.8 Å². The molecule has 0 aliphatic rings. The maximum Gasteiger partial charge on any atom is 0.220 e. The minimum atomic E-state index is -0.111.